The number of nitrogens with zero attached hydrogens (tertiary/aromatic N) is 2. The van der Waals surface area contributed by atoms with Crippen molar-refractivity contribution >= 4 is 11.3 Å². The molecule has 0 unspecified atom stereocenters. The van der Waals surface area contributed by atoms with Gasteiger partial charge in [0.1, 0.15) is 0 Å². The van der Waals surface area contributed by atoms with Gasteiger partial charge in [-0.15, -0.1) is 0 Å². The Hall–Kier alpha value is -1.20. The molecule has 2 aromatic rings. The zero-order chi connectivity index (χ0) is 13.3. The number of hydrogen-bond donors (Lipinski definition) is 1. The van der Waals surface area contributed by atoms with Gasteiger partial charge in [-0.25, -0.2) is 0 Å². The van der Waals surface area contributed by atoms with E-state index in [0.29, 0.717) is 18.1 Å². The zero-order valence-electron chi connectivity index (χ0n) is 11.1. The molecule has 0 amide bonds. The van der Waals surface area contributed by atoms with E-state index in [4.69, 9.17) is 10.3 Å². The van der Waals surface area contributed by atoms with Gasteiger partial charge in [-0.2, -0.15) is 16.3 Å². The van der Waals surface area contributed by atoms with Crippen LogP contribution in [0.2, 0.25) is 0 Å². The third kappa shape index (κ3) is 2.72. The van der Waals surface area contributed by atoms with Crippen LogP contribution in [0.4, 0.5) is 0 Å². The molecular formula is C14H19N3OS. The highest BCUT2D eigenvalue weighted by molar-refractivity contribution is 7.07. The molecule has 1 saturated carbocycles. The lowest BCUT2D eigenvalue weighted by molar-refractivity contribution is 0.230. The van der Waals surface area contributed by atoms with Gasteiger partial charge in [-0.05, 0) is 54.0 Å². The molecule has 0 radical (unpaired) electrons. The summed E-state index contributed by atoms with van der Waals surface area (Å²) < 4.78 is 5.35. The molecule has 0 aliphatic heterocycles. The normalized spacial score (nSPS) is 27.6. The van der Waals surface area contributed by atoms with Crippen LogP contribution in [0.25, 0.3) is 0 Å². The van der Waals surface area contributed by atoms with E-state index in [2.05, 4.69) is 33.9 Å². The molecule has 2 aromatic heterocycles. The Morgan fingerprint density at radius 2 is 2.26 bits per heavy atom. The second kappa shape index (κ2) is 5.06. The summed E-state index contributed by atoms with van der Waals surface area (Å²) in [6.45, 7) is 2.28. The number of rotatable bonds is 3. The summed E-state index contributed by atoms with van der Waals surface area (Å²) >= 11 is 1.68. The van der Waals surface area contributed by atoms with Gasteiger partial charge in [0.05, 0.1) is 12.0 Å². The van der Waals surface area contributed by atoms with Crippen molar-refractivity contribution in [3.05, 3.63) is 34.1 Å². The predicted octanol–water partition coefficient (Wildman–Crippen LogP) is 3.09. The van der Waals surface area contributed by atoms with Crippen molar-refractivity contribution in [2.24, 2.45) is 11.7 Å². The Labute approximate surface area is 117 Å². The number of aromatic nitrogens is 2. The average Bonchev–Trinajstić information content (AvgIpc) is 3.05. The van der Waals surface area contributed by atoms with Crippen LogP contribution in [0, 0.1) is 5.92 Å². The van der Waals surface area contributed by atoms with Crippen molar-refractivity contribution < 1.29 is 4.52 Å². The molecule has 5 heteroatoms. The molecule has 0 saturated heterocycles. The van der Waals surface area contributed by atoms with Crippen LogP contribution in [0.15, 0.2) is 21.3 Å². The van der Waals surface area contributed by atoms with Crippen molar-refractivity contribution in [3.8, 4) is 0 Å². The van der Waals surface area contributed by atoms with Crippen LogP contribution in [0.5, 0.6) is 0 Å². The first-order chi connectivity index (χ1) is 9.16. The van der Waals surface area contributed by atoms with Crippen molar-refractivity contribution in [2.75, 3.05) is 0 Å². The summed E-state index contributed by atoms with van der Waals surface area (Å²) in [5, 5.41) is 8.27. The van der Waals surface area contributed by atoms with Crippen LogP contribution >= 0.6 is 11.3 Å². The molecular weight excluding hydrogens is 258 g/mol. The fourth-order valence-electron chi connectivity index (χ4n) is 2.60. The van der Waals surface area contributed by atoms with Gasteiger partial charge in [0, 0.05) is 0 Å². The first kappa shape index (κ1) is 12.8. The van der Waals surface area contributed by atoms with Crippen LogP contribution in [-0.4, -0.2) is 10.1 Å². The van der Waals surface area contributed by atoms with E-state index in [0.717, 1.165) is 31.6 Å². The van der Waals surface area contributed by atoms with Crippen molar-refractivity contribution in [1.82, 2.24) is 10.1 Å². The van der Waals surface area contributed by atoms with Gasteiger partial charge in [-0.3, -0.25) is 0 Å². The Morgan fingerprint density at radius 3 is 2.95 bits per heavy atom. The monoisotopic (exact) mass is 277 g/mol. The quantitative estimate of drug-likeness (QED) is 0.936. The fraction of sp³-hybridized carbons (Fsp3) is 0.571. The molecule has 1 fully saturated rings. The number of hydrogen-bond acceptors (Lipinski definition) is 5. The summed E-state index contributed by atoms with van der Waals surface area (Å²) in [6.07, 6.45) is 4.88. The topological polar surface area (TPSA) is 64.9 Å². The van der Waals surface area contributed by atoms with Crippen LogP contribution in [-0.2, 0) is 12.0 Å². The Bertz CT molecular complexity index is 527. The van der Waals surface area contributed by atoms with Gasteiger partial charge in [0.25, 0.3) is 0 Å². The van der Waals surface area contributed by atoms with Crippen molar-refractivity contribution in [3.63, 3.8) is 0 Å². The summed E-state index contributed by atoms with van der Waals surface area (Å²) in [4.78, 5) is 4.51. The van der Waals surface area contributed by atoms with E-state index >= 15 is 0 Å². The molecule has 0 spiro atoms. The zero-order valence-corrected chi connectivity index (χ0v) is 11.9. The fourth-order valence-corrected chi connectivity index (χ4v) is 3.27. The maximum Gasteiger partial charge on any atom is 0.231 e. The first-order valence-electron chi connectivity index (χ1n) is 6.79. The molecule has 3 rings (SSSR count). The Kier molecular flexibility index (Phi) is 3.41. The highest BCUT2D eigenvalue weighted by atomic mass is 32.1. The lowest BCUT2D eigenvalue weighted by atomic mass is 9.77. The van der Waals surface area contributed by atoms with Crippen molar-refractivity contribution in [1.29, 1.82) is 0 Å². The van der Waals surface area contributed by atoms with Gasteiger partial charge in [0.2, 0.25) is 5.89 Å². The van der Waals surface area contributed by atoms with E-state index in [-0.39, 0.29) is 5.54 Å². The van der Waals surface area contributed by atoms with E-state index in [1.54, 1.807) is 11.3 Å². The van der Waals surface area contributed by atoms with E-state index in [9.17, 15) is 0 Å². The highest BCUT2D eigenvalue weighted by Gasteiger charge is 2.36. The second-order valence-corrected chi connectivity index (χ2v) is 6.44. The second-order valence-electron chi connectivity index (χ2n) is 5.66. The predicted molar refractivity (Wildman–Crippen MR) is 74.9 cm³/mol. The minimum Gasteiger partial charge on any atom is -0.339 e. The molecule has 1 aliphatic rings. The van der Waals surface area contributed by atoms with Crippen LogP contribution < -0.4 is 5.73 Å². The molecule has 2 heterocycles. The molecule has 4 nitrogen and oxygen atoms in total. The minimum absolute atomic E-state index is 0.386. The maximum absolute atomic E-state index is 6.45. The number of nitrogens with two attached hydrogens (primary N) is 1. The van der Waals surface area contributed by atoms with E-state index in [1.165, 1.54) is 5.56 Å². The molecule has 0 atom stereocenters. The average molecular weight is 277 g/mol. The SMILES string of the molecule is CC1CCC(N)(c2noc(Cc3ccsc3)n2)CC1. The molecule has 2 N–H and O–H groups in total. The van der Waals surface area contributed by atoms with Gasteiger partial charge < -0.3 is 10.3 Å². The number of thiophene rings is 1. The molecule has 0 aromatic carbocycles. The summed E-state index contributed by atoms with van der Waals surface area (Å²) in [6, 6.07) is 2.08. The molecule has 19 heavy (non-hydrogen) atoms. The lowest BCUT2D eigenvalue weighted by Gasteiger charge is -2.33. The minimum atomic E-state index is -0.386. The first-order valence-corrected chi connectivity index (χ1v) is 7.73. The molecule has 1 aliphatic carbocycles. The van der Waals surface area contributed by atoms with Crippen LogP contribution in [0.3, 0.4) is 0 Å². The van der Waals surface area contributed by atoms with Gasteiger partial charge in [-0.1, -0.05) is 12.1 Å². The van der Waals surface area contributed by atoms with E-state index < -0.39 is 0 Å². The molecule has 0 bridgehead atoms. The smallest absolute Gasteiger partial charge is 0.231 e. The van der Waals surface area contributed by atoms with Crippen molar-refractivity contribution in [2.45, 2.75) is 44.6 Å². The summed E-state index contributed by atoms with van der Waals surface area (Å²) in [5.74, 6) is 2.11. The maximum atomic E-state index is 6.45. The molecule has 102 valence electrons. The summed E-state index contributed by atoms with van der Waals surface area (Å²) in [5.41, 5.74) is 7.27. The summed E-state index contributed by atoms with van der Waals surface area (Å²) in [7, 11) is 0. The van der Waals surface area contributed by atoms with Gasteiger partial charge in [0.15, 0.2) is 5.82 Å². The third-order valence-electron chi connectivity index (χ3n) is 4.02. The standard InChI is InChI=1S/C14H19N3OS/c1-10-2-5-14(15,6-3-10)13-16-12(18-17-13)8-11-4-7-19-9-11/h4,7,9-10H,2-3,5-6,8,15H2,1H3. The van der Waals surface area contributed by atoms with E-state index in [1.807, 2.05) is 0 Å². The third-order valence-corrected chi connectivity index (χ3v) is 4.75. The van der Waals surface area contributed by atoms with Gasteiger partial charge >= 0.3 is 0 Å². The van der Waals surface area contributed by atoms with Crippen LogP contribution in [0.1, 0.15) is 49.9 Å². The lowest BCUT2D eigenvalue weighted by Crippen LogP contribution is -2.41. The Balaban J connectivity index is 1.74. The largest absolute Gasteiger partial charge is 0.339 e. The Morgan fingerprint density at radius 1 is 1.47 bits per heavy atom. The highest BCUT2D eigenvalue weighted by Crippen LogP contribution is 2.36.